The Morgan fingerprint density at radius 2 is 1.86 bits per heavy atom. The Hall–Kier alpha value is -2.16. The highest BCUT2D eigenvalue weighted by atomic mass is 19.1. The Kier molecular flexibility index (Phi) is 3.50. The summed E-state index contributed by atoms with van der Waals surface area (Å²) in [4.78, 5) is 12.0. The van der Waals surface area contributed by atoms with Gasteiger partial charge in [-0.25, -0.2) is 4.39 Å². The molecule has 1 atom stereocenters. The van der Waals surface area contributed by atoms with Crippen molar-refractivity contribution in [2.45, 2.75) is 31.1 Å². The number of carbonyl (C=O) groups is 1. The summed E-state index contributed by atoms with van der Waals surface area (Å²) in [5.41, 5.74) is 1.99. The third-order valence-corrected chi connectivity index (χ3v) is 4.41. The summed E-state index contributed by atoms with van der Waals surface area (Å²) in [6.07, 6.45) is 2.81. The summed E-state index contributed by atoms with van der Waals surface area (Å²) < 4.78 is 13.0. The monoisotopic (exact) mass is 284 g/mol. The van der Waals surface area contributed by atoms with Crippen molar-refractivity contribution in [1.29, 1.82) is 0 Å². The molecule has 3 rings (SSSR count). The van der Waals surface area contributed by atoms with Crippen molar-refractivity contribution in [1.82, 2.24) is 0 Å². The summed E-state index contributed by atoms with van der Waals surface area (Å²) in [6.45, 7) is 0. The predicted octanol–water partition coefficient (Wildman–Crippen LogP) is 3.73. The highest BCUT2D eigenvalue weighted by Gasteiger charge is 2.43. The lowest BCUT2D eigenvalue weighted by molar-refractivity contribution is -0.144. The first kappa shape index (κ1) is 13.8. The molecule has 0 aliphatic heterocycles. The summed E-state index contributed by atoms with van der Waals surface area (Å²) in [7, 11) is 0. The molecule has 0 saturated heterocycles. The van der Waals surface area contributed by atoms with Crippen molar-refractivity contribution in [3.63, 3.8) is 0 Å². The SMILES string of the molecule is O=C(O)C1(Cc2ccc(F)cc2)CCCc2ccccc21. The molecule has 0 radical (unpaired) electrons. The first-order valence-corrected chi connectivity index (χ1v) is 7.18. The van der Waals surface area contributed by atoms with Gasteiger partial charge in [0.1, 0.15) is 5.82 Å². The van der Waals surface area contributed by atoms with Crippen molar-refractivity contribution in [2.75, 3.05) is 0 Å². The van der Waals surface area contributed by atoms with Crippen LogP contribution >= 0.6 is 0 Å². The van der Waals surface area contributed by atoms with E-state index in [0.29, 0.717) is 12.8 Å². The molecule has 1 unspecified atom stereocenters. The smallest absolute Gasteiger partial charge is 0.314 e. The van der Waals surface area contributed by atoms with Gasteiger partial charge in [-0.1, -0.05) is 36.4 Å². The van der Waals surface area contributed by atoms with Crippen molar-refractivity contribution in [3.05, 3.63) is 71.0 Å². The largest absolute Gasteiger partial charge is 0.481 e. The lowest BCUT2D eigenvalue weighted by Crippen LogP contribution is -2.41. The molecule has 108 valence electrons. The molecule has 3 heteroatoms. The van der Waals surface area contributed by atoms with Crippen molar-refractivity contribution >= 4 is 5.97 Å². The molecule has 0 saturated carbocycles. The van der Waals surface area contributed by atoms with E-state index < -0.39 is 11.4 Å². The van der Waals surface area contributed by atoms with Gasteiger partial charge in [-0.2, -0.15) is 0 Å². The molecular weight excluding hydrogens is 267 g/mol. The molecule has 0 spiro atoms. The second-order valence-corrected chi connectivity index (χ2v) is 5.70. The zero-order valence-electron chi connectivity index (χ0n) is 11.7. The maximum absolute atomic E-state index is 13.0. The number of halogens is 1. The standard InChI is InChI=1S/C18H17FO2/c19-15-9-7-13(8-10-15)12-18(17(20)21)11-3-5-14-4-1-2-6-16(14)18/h1-2,4,6-10H,3,5,11-12H2,(H,20,21). The van der Waals surface area contributed by atoms with Crippen LogP contribution in [-0.4, -0.2) is 11.1 Å². The van der Waals surface area contributed by atoms with Gasteiger partial charge in [-0.15, -0.1) is 0 Å². The zero-order valence-corrected chi connectivity index (χ0v) is 11.7. The predicted molar refractivity (Wildman–Crippen MR) is 78.8 cm³/mol. The van der Waals surface area contributed by atoms with Crippen molar-refractivity contribution < 1.29 is 14.3 Å². The Balaban J connectivity index is 2.05. The third kappa shape index (κ3) is 2.44. The van der Waals surface area contributed by atoms with Crippen LogP contribution in [0.5, 0.6) is 0 Å². The van der Waals surface area contributed by atoms with Crippen LogP contribution in [0.3, 0.4) is 0 Å². The van der Waals surface area contributed by atoms with E-state index in [9.17, 15) is 14.3 Å². The average molecular weight is 284 g/mol. The number of fused-ring (bicyclic) bond motifs is 1. The van der Waals surface area contributed by atoms with Crippen LogP contribution in [0.4, 0.5) is 4.39 Å². The van der Waals surface area contributed by atoms with Crippen LogP contribution in [0.1, 0.15) is 29.5 Å². The van der Waals surface area contributed by atoms with E-state index in [4.69, 9.17) is 0 Å². The lowest BCUT2D eigenvalue weighted by atomic mass is 9.67. The molecule has 0 aromatic heterocycles. The molecular formula is C18H17FO2. The van der Waals surface area contributed by atoms with E-state index >= 15 is 0 Å². The molecule has 0 amide bonds. The van der Waals surface area contributed by atoms with Crippen LogP contribution in [0, 0.1) is 5.82 Å². The minimum absolute atomic E-state index is 0.299. The number of rotatable bonds is 3. The summed E-state index contributed by atoms with van der Waals surface area (Å²) in [5, 5.41) is 9.88. The zero-order chi connectivity index (χ0) is 14.9. The molecule has 1 aliphatic carbocycles. The Labute approximate surface area is 123 Å². The third-order valence-electron chi connectivity index (χ3n) is 4.41. The summed E-state index contributed by atoms with van der Waals surface area (Å²) in [5.74, 6) is -1.09. The van der Waals surface area contributed by atoms with E-state index in [2.05, 4.69) is 0 Å². The number of aliphatic carboxylic acids is 1. The number of aryl methyl sites for hydroxylation is 1. The molecule has 21 heavy (non-hydrogen) atoms. The fourth-order valence-corrected chi connectivity index (χ4v) is 3.35. The maximum Gasteiger partial charge on any atom is 0.314 e. The Bertz CT molecular complexity index is 663. The van der Waals surface area contributed by atoms with E-state index in [-0.39, 0.29) is 5.82 Å². The average Bonchev–Trinajstić information content (AvgIpc) is 2.50. The minimum atomic E-state index is -0.896. The van der Waals surface area contributed by atoms with E-state index in [1.807, 2.05) is 24.3 Å². The molecule has 2 aromatic rings. The van der Waals surface area contributed by atoms with Crippen LogP contribution < -0.4 is 0 Å². The topological polar surface area (TPSA) is 37.3 Å². The molecule has 0 bridgehead atoms. The molecule has 2 aromatic carbocycles. The van der Waals surface area contributed by atoms with E-state index in [1.165, 1.54) is 12.1 Å². The van der Waals surface area contributed by atoms with Gasteiger partial charge in [0.2, 0.25) is 0 Å². The van der Waals surface area contributed by atoms with Gasteiger partial charge in [-0.3, -0.25) is 4.79 Å². The summed E-state index contributed by atoms with van der Waals surface area (Å²) >= 11 is 0. The highest BCUT2D eigenvalue weighted by molar-refractivity contribution is 5.83. The number of hydrogen-bond acceptors (Lipinski definition) is 1. The number of hydrogen-bond donors (Lipinski definition) is 1. The first-order valence-electron chi connectivity index (χ1n) is 7.18. The van der Waals surface area contributed by atoms with Crippen LogP contribution in [0.2, 0.25) is 0 Å². The molecule has 1 aliphatic rings. The Morgan fingerprint density at radius 3 is 2.57 bits per heavy atom. The van der Waals surface area contributed by atoms with Gasteiger partial charge in [0.25, 0.3) is 0 Å². The fraction of sp³-hybridized carbons (Fsp3) is 0.278. The number of carboxylic acids is 1. The van der Waals surface area contributed by atoms with Crippen molar-refractivity contribution in [2.24, 2.45) is 0 Å². The minimum Gasteiger partial charge on any atom is -0.481 e. The van der Waals surface area contributed by atoms with Gasteiger partial charge in [-0.05, 0) is 54.5 Å². The second kappa shape index (κ2) is 5.32. The maximum atomic E-state index is 13.0. The van der Waals surface area contributed by atoms with Gasteiger partial charge < -0.3 is 5.11 Å². The van der Waals surface area contributed by atoms with E-state index in [1.54, 1.807) is 12.1 Å². The van der Waals surface area contributed by atoms with Gasteiger partial charge in [0.15, 0.2) is 0 Å². The second-order valence-electron chi connectivity index (χ2n) is 5.70. The highest BCUT2D eigenvalue weighted by Crippen LogP contribution is 2.40. The lowest BCUT2D eigenvalue weighted by Gasteiger charge is -2.35. The first-order chi connectivity index (χ1) is 10.1. The Morgan fingerprint density at radius 1 is 1.14 bits per heavy atom. The van der Waals surface area contributed by atoms with Gasteiger partial charge in [0.05, 0.1) is 5.41 Å². The van der Waals surface area contributed by atoms with Crippen LogP contribution in [0.15, 0.2) is 48.5 Å². The molecule has 1 N–H and O–H groups in total. The van der Waals surface area contributed by atoms with Gasteiger partial charge in [0, 0.05) is 0 Å². The molecule has 0 fully saturated rings. The summed E-state index contributed by atoms with van der Waals surface area (Å²) in [6, 6.07) is 13.9. The molecule has 0 heterocycles. The number of benzene rings is 2. The van der Waals surface area contributed by atoms with Gasteiger partial charge >= 0.3 is 5.97 Å². The van der Waals surface area contributed by atoms with Crippen LogP contribution in [0.25, 0.3) is 0 Å². The normalized spacial score (nSPS) is 20.8. The quantitative estimate of drug-likeness (QED) is 0.932. The molecule has 2 nitrogen and oxygen atoms in total. The fourth-order valence-electron chi connectivity index (χ4n) is 3.35. The number of carboxylic acid groups (broad SMARTS) is 1. The van der Waals surface area contributed by atoms with Crippen LogP contribution in [-0.2, 0) is 23.1 Å². The van der Waals surface area contributed by atoms with E-state index in [0.717, 1.165) is 29.5 Å². The van der Waals surface area contributed by atoms with Crippen molar-refractivity contribution in [3.8, 4) is 0 Å².